The van der Waals surface area contributed by atoms with Crippen molar-refractivity contribution in [1.82, 2.24) is 9.88 Å². The van der Waals surface area contributed by atoms with Crippen molar-refractivity contribution in [2.75, 3.05) is 19.7 Å². The van der Waals surface area contributed by atoms with Gasteiger partial charge in [0.05, 0.1) is 18.3 Å². The number of hydrogen-bond acceptors (Lipinski definition) is 3. The Balaban J connectivity index is 1.66. The normalized spacial score (nSPS) is 19.7. The maximum atomic E-state index is 12.6. The molecule has 0 aliphatic carbocycles. The molecule has 0 radical (unpaired) electrons. The molecule has 3 nitrogen and oxygen atoms in total. The third-order valence-corrected chi connectivity index (χ3v) is 3.92. The van der Waals surface area contributed by atoms with Crippen LogP contribution in [0, 0.1) is 0 Å². The average molecular weight is 322 g/mol. The first-order valence-electron chi connectivity index (χ1n) is 7.42. The first kappa shape index (κ1) is 16.0. The minimum Gasteiger partial charge on any atom is -0.371 e. The van der Waals surface area contributed by atoms with Gasteiger partial charge in [-0.3, -0.25) is 9.88 Å². The van der Waals surface area contributed by atoms with Gasteiger partial charge in [0, 0.05) is 32.0 Å². The van der Waals surface area contributed by atoms with Gasteiger partial charge in [-0.2, -0.15) is 13.2 Å². The predicted octanol–water partition coefficient (Wildman–Crippen LogP) is 3.67. The van der Waals surface area contributed by atoms with Crippen molar-refractivity contribution in [3.05, 3.63) is 65.5 Å². The summed E-state index contributed by atoms with van der Waals surface area (Å²) in [5, 5.41) is 0. The van der Waals surface area contributed by atoms with Crippen LogP contribution in [0.2, 0.25) is 0 Å². The smallest absolute Gasteiger partial charge is 0.371 e. The van der Waals surface area contributed by atoms with Crippen LogP contribution in [0.5, 0.6) is 0 Å². The number of morpholine rings is 1. The van der Waals surface area contributed by atoms with E-state index in [9.17, 15) is 13.2 Å². The Morgan fingerprint density at radius 1 is 1.09 bits per heavy atom. The van der Waals surface area contributed by atoms with Crippen LogP contribution in [-0.2, 0) is 17.5 Å². The maximum absolute atomic E-state index is 12.6. The molecule has 0 saturated carbocycles. The Morgan fingerprint density at radius 3 is 2.43 bits per heavy atom. The molecular weight excluding hydrogens is 305 g/mol. The van der Waals surface area contributed by atoms with E-state index in [1.165, 1.54) is 12.1 Å². The fourth-order valence-corrected chi connectivity index (χ4v) is 2.68. The van der Waals surface area contributed by atoms with E-state index < -0.39 is 11.7 Å². The molecule has 0 amide bonds. The summed E-state index contributed by atoms with van der Waals surface area (Å²) in [5.41, 5.74) is 1.30. The van der Waals surface area contributed by atoms with Crippen molar-refractivity contribution < 1.29 is 17.9 Å². The maximum Gasteiger partial charge on any atom is 0.416 e. The quantitative estimate of drug-likeness (QED) is 0.862. The van der Waals surface area contributed by atoms with Crippen molar-refractivity contribution in [3.63, 3.8) is 0 Å². The second kappa shape index (κ2) is 6.68. The SMILES string of the molecule is FC(F)(F)c1ccc([C@H]2CN(Cc3ccncc3)CCO2)cc1. The highest BCUT2D eigenvalue weighted by molar-refractivity contribution is 5.26. The van der Waals surface area contributed by atoms with Crippen LogP contribution in [0.3, 0.4) is 0 Å². The van der Waals surface area contributed by atoms with Gasteiger partial charge in [-0.05, 0) is 35.4 Å². The van der Waals surface area contributed by atoms with Crippen molar-refractivity contribution in [3.8, 4) is 0 Å². The van der Waals surface area contributed by atoms with E-state index in [0.29, 0.717) is 13.2 Å². The van der Waals surface area contributed by atoms with E-state index >= 15 is 0 Å². The second-order valence-corrected chi connectivity index (χ2v) is 5.57. The number of pyridine rings is 1. The fraction of sp³-hybridized carbons (Fsp3) is 0.353. The third kappa shape index (κ3) is 4.09. The van der Waals surface area contributed by atoms with E-state index in [4.69, 9.17) is 4.74 Å². The Bertz CT molecular complexity index is 629. The Labute approximate surface area is 132 Å². The Hall–Kier alpha value is -1.92. The Morgan fingerprint density at radius 2 is 1.78 bits per heavy atom. The lowest BCUT2D eigenvalue weighted by atomic mass is 10.0. The van der Waals surface area contributed by atoms with Crippen molar-refractivity contribution >= 4 is 0 Å². The minimum absolute atomic E-state index is 0.201. The molecule has 0 spiro atoms. The van der Waals surface area contributed by atoms with E-state index in [1.807, 2.05) is 12.1 Å². The summed E-state index contributed by atoms with van der Waals surface area (Å²) in [7, 11) is 0. The van der Waals surface area contributed by atoms with Crippen molar-refractivity contribution in [2.45, 2.75) is 18.8 Å². The number of halogens is 3. The number of hydrogen-bond donors (Lipinski definition) is 0. The van der Waals surface area contributed by atoms with E-state index in [1.54, 1.807) is 12.4 Å². The van der Waals surface area contributed by atoms with Gasteiger partial charge in [-0.25, -0.2) is 0 Å². The van der Waals surface area contributed by atoms with Crippen LogP contribution in [-0.4, -0.2) is 29.6 Å². The molecule has 0 bridgehead atoms. The van der Waals surface area contributed by atoms with Gasteiger partial charge < -0.3 is 4.74 Å². The van der Waals surface area contributed by atoms with Crippen LogP contribution in [0.25, 0.3) is 0 Å². The molecule has 1 aromatic heterocycles. The molecule has 1 saturated heterocycles. The predicted molar refractivity (Wildman–Crippen MR) is 79.7 cm³/mol. The summed E-state index contributed by atoms with van der Waals surface area (Å²) in [6.07, 6.45) is -1.00. The molecule has 0 N–H and O–H groups in total. The molecule has 23 heavy (non-hydrogen) atoms. The van der Waals surface area contributed by atoms with Crippen LogP contribution >= 0.6 is 0 Å². The summed E-state index contributed by atoms with van der Waals surface area (Å²) in [5.74, 6) is 0. The van der Waals surface area contributed by atoms with Gasteiger partial charge in [0.15, 0.2) is 0 Å². The summed E-state index contributed by atoms with van der Waals surface area (Å²) >= 11 is 0. The number of rotatable bonds is 3. The Kier molecular flexibility index (Phi) is 4.63. The molecule has 2 aromatic rings. The van der Waals surface area contributed by atoms with Crippen molar-refractivity contribution in [1.29, 1.82) is 0 Å². The zero-order valence-corrected chi connectivity index (χ0v) is 12.5. The molecule has 1 aliphatic heterocycles. The molecule has 1 aliphatic rings. The summed E-state index contributed by atoms with van der Waals surface area (Å²) in [6, 6.07) is 9.15. The largest absolute Gasteiger partial charge is 0.416 e. The topological polar surface area (TPSA) is 25.4 Å². The van der Waals surface area contributed by atoms with Gasteiger partial charge in [0.1, 0.15) is 0 Å². The van der Waals surface area contributed by atoms with Crippen LogP contribution in [0.1, 0.15) is 22.8 Å². The first-order valence-corrected chi connectivity index (χ1v) is 7.42. The zero-order valence-electron chi connectivity index (χ0n) is 12.5. The van der Waals surface area contributed by atoms with E-state index in [0.717, 1.165) is 36.3 Å². The molecule has 122 valence electrons. The van der Waals surface area contributed by atoms with Crippen LogP contribution in [0.4, 0.5) is 13.2 Å². The van der Waals surface area contributed by atoms with Crippen LogP contribution in [0.15, 0.2) is 48.8 Å². The third-order valence-electron chi connectivity index (χ3n) is 3.92. The van der Waals surface area contributed by atoms with Gasteiger partial charge in [0.25, 0.3) is 0 Å². The minimum atomic E-state index is -4.31. The monoisotopic (exact) mass is 322 g/mol. The number of aromatic nitrogens is 1. The molecule has 0 unspecified atom stereocenters. The van der Waals surface area contributed by atoms with Gasteiger partial charge in [0.2, 0.25) is 0 Å². The number of benzene rings is 1. The fourth-order valence-electron chi connectivity index (χ4n) is 2.68. The molecule has 1 aromatic carbocycles. The van der Waals surface area contributed by atoms with Gasteiger partial charge >= 0.3 is 6.18 Å². The molecule has 2 heterocycles. The number of nitrogens with zero attached hydrogens (tertiary/aromatic N) is 2. The van der Waals surface area contributed by atoms with E-state index in [2.05, 4.69) is 9.88 Å². The van der Waals surface area contributed by atoms with E-state index in [-0.39, 0.29) is 6.10 Å². The lowest BCUT2D eigenvalue weighted by Gasteiger charge is -2.33. The highest BCUT2D eigenvalue weighted by Gasteiger charge is 2.30. The standard InChI is InChI=1S/C17H17F3N2O/c18-17(19,20)15-3-1-14(2-4-15)16-12-22(9-10-23-16)11-13-5-7-21-8-6-13/h1-8,16H,9-12H2/t16-/m1/s1. The molecule has 1 fully saturated rings. The molecular formula is C17H17F3N2O. The first-order chi connectivity index (χ1) is 11.0. The summed E-state index contributed by atoms with van der Waals surface area (Å²) in [4.78, 5) is 6.23. The lowest BCUT2D eigenvalue weighted by molar-refractivity contribution is -0.137. The molecule has 1 atom stereocenters. The molecule has 6 heteroatoms. The van der Waals surface area contributed by atoms with Crippen LogP contribution < -0.4 is 0 Å². The van der Waals surface area contributed by atoms with Gasteiger partial charge in [-0.1, -0.05) is 12.1 Å². The summed E-state index contributed by atoms with van der Waals surface area (Å²) < 4.78 is 43.6. The number of ether oxygens (including phenoxy) is 1. The molecule has 3 rings (SSSR count). The highest BCUT2D eigenvalue weighted by Crippen LogP contribution is 2.31. The van der Waals surface area contributed by atoms with Crippen molar-refractivity contribution in [2.24, 2.45) is 0 Å². The lowest BCUT2D eigenvalue weighted by Crippen LogP contribution is -2.37. The summed E-state index contributed by atoms with van der Waals surface area (Å²) in [6.45, 7) is 2.81. The zero-order chi connectivity index (χ0) is 16.3. The van der Waals surface area contributed by atoms with Gasteiger partial charge in [-0.15, -0.1) is 0 Å². The average Bonchev–Trinajstić information content (AvgIpc) is 2.55. The second-order valence-electron chi connectivity index (χ2n) is 5.57. The number of alkyl halides is 3. The highest BCUT2D eigenvalue weighted by atomic mass is 19.4.